The monoisotopic (exact) mass is 661 g/mol. The number of nitrogens with two attached hydrogens (primary N) is 1. The molecule has 3 N–H and O–H groups in total. The third-order valence-electron chi connectivity index (χ3n) is 8.92. The zero-order valence-electron chi connectivity index (χ0n) is 26.5. The molecule has 0 aliphatic carbocycles. The first-order chi connectivity index (χ1) is 24.0. The van der Waals surface area contributed by atoms with Gasteiger partial charge in [-0.15, -0.1) is 11.3 Å². The maximum Gasteiger partial charge on any atom is 0.251 e. The molecule has 0 unspecified atom stereocenters. The van der Waals surface area contributed by atoms with Crippen molar-refractivity contribution >= 4 is 44.4 Å². The third kappa shape index (κ3) is 6.11. The first-order valence-corrected chi connectivity index (χ1v) is 16.9. The number of thiazole rings is 1. The van der Waals surface area contributed by atoms with Crippen LogP contribution in [0.4, 0.5) is 5.82 Å². The lowest BCUT2D eigenvalue weighted by Gasteiger charge is -2.32. The van der Waals surface area contributed by atoms with E-state index in [4.69, 9.17) is 21.0 Å². The summed E-state index contributed by atoms with van der Waals surface area (Å²) in [6.45, 7) is 2.57. The molecule has 0 bridgehead atoms. The van der Waals surface area contributed by atoms with Crippen molar-refractivity contribution in [2.45, 2.75) is 25.4 Å². The largest absolute Gasteiger partial charge is 0.383 e. The van der Waals surface area contributed by atoms with Gasteiger partial charge >= 0.3 is 0 Å². The summed E-state index contributed by atoms with van der Waals surface area (Å²) in [5.41, 5.74) is 13.9. The Morgan fingerprint density at radius 2 is 1.73 bits per heavy atom. The van der Waals surface area contributed by atoms with Gasteiger partial charge in [0.05, 0.1) is 21.5 Å². The topological polar surface area (TPSA) is 139 Å². The van der Waals surface area contributed by atoms with Crippen molar-refractivity contribution < 1.29 is 4.79 Å². The van der Waals surface area contributed by atoms with E-state index in [2.05, 4.69) is 67.2 Å². The molecule has 10 nitrogen and oxygen atoms in total. The predicted octanol–water partition coefficient (Wildman–Crippen LogP) is 6.61. The maximum absolute atomic E-state index is 13.0. The number of carbonyl (C=O) groups is 1. The van der Waals surface area contributed by atoms with Crippen molar-refractivity contribution in [1.82, 2.24) is 34.7 Å². The fraction of sp³-hybridized carbons (Fsp3) is 0.158. The quantitative estimate of drug-likeness (QED) is 0.195. The van der Waals surface area contributed by atoms with E-state index in [1.807, 2.05) is 48.5 Å². The minimum absolute atomic E-state index is 0.104. The Labute approximate surface area is 286 Å². The van der Waals surface area contributed by atoms with Gasteiger partial charge in [-0.3, -0.25) is 14.3 Å². The molecule has 3 aromatic carbocycles. The number of hydrogen-bond acceptors (Lipinski definition) is 9. The summed E-state index contributed by atoms with van der Waals surface area (Å²) in [6.07, 6.45) is 3.42. The van der Waals surface area contributed by atoms with Gasteiger partial charge in [-0.05, 0) is 73.0 Å². The Bertz CT molecular complexity index is 2350. The lowest BCUT2D eigenvalue weighted by Crippen LogP contribution is -2.44. The predicted molar refractivity (Wildman–Crippen MR) is 192 cm³/mol. The highest BCUT2D eigenvalue weighted by Gasteiger charge is 2.23. The summed E-state index contributed by atoms with van der Waals surface area (Å²) in [4.78, 5) is 34.1. The molecular formula is C38H31N9OS. The number of pyridine rings is 2. The normalized spacial score (nSPS) is 13.9. The molecule has 1 aliphatic rings. The van der Waals surface area contributed by atoms with E-state index in [0.29, 0.717) is 27.7 Å². The van der Waals surface area contributed by atoms with E-state index in [1.54, 1.807) is 18.3 Å². The van der Waals surface area contributed by atoms with Crippen LogP contribution >= 0.6 is 11.3 Å². The van der Waals surface area contributed by atoms with Crippen LogP contribution in [0.2, 0.25) is 0 Å². The average molecular weight is 662 g/mol. The zero-order valence-corrected chi connectivity index (χ0v) is 27.3. The van der Waals surface area contributed by atoms with Gasteiger partial charge in [-0.2, -0.15) is 5.26 Å². The number of amides is 1. The second-order valence-corrected chi connectivity index (χ2v) is 13.1. The highest BCUT2D eigenvalue weighted by Crippen LogP contribution is 2.32. The average Bonchev–Trinajstić information content (AvgIpc) is 3.74. The first kappa shape index (κ1) is 30.4. The first-order valence-electron chi connectivity index (χ1n) is 16.1. The number of nitrogens with zero attached hydrogens (tertiary/aromatic N) is 7. The van der Waals surface area contributed by atoms with Crippen molar-refractivity contribution in [3.8, 4) is 34.4 Å². The molecule has 1 aliphatic heterocycles. The summed E-state index contributed by atoms with van der Waals surface area (Å²) in [5.74, 6) is 0.995. The third-order valence-corrected chi connectivity index (χ3v) is 9.86. The number of fused-ring (bicyclic) bond motifs is 2. The molecule has 1 fully saturated rings. The highest BCUT2D eigenvalue weighted by molar-refractivity contribution is 7.19. The van der Waals surface area contributed by atoms with Crippen LogP contribution < -0.4 is 11.1 Å². The van der Waals surface area contributed by atoms with Crippen molar-refractivity contribution in [1.29, 1.82) is 5.26 Å². The summed E-state index contributed by atoms with van der Waals surface area (Å²) in [7, 11) is 0. The number of carbonyl (C=O) groups excluding carboxylic acids is 1. The molecular weight excluding hydrogens is 631 g/mol. The summed E-state index contributed by atoms with van der Waals surface area (Å²) < 4.78 is 2.96. The fourth-order valence-electron chi connectivity index (χ4n) is 6.39. The molecule has 4 aromatic heterocycles. The number of nitriles is 1. The molecule has 7 aromatic rings. The SMILES string of the molecule is N#Cc1nc2cc(C(=O)NC3CCN(Cc4ccc(-n5c(-c6cccnc6N)nc6ccc(-c7ccccc7)nc65)cc4)CC3)ccc2s1. The number of anilines is 1. The van der Waals surface area contributed by atoms with Crippen LogP contribution in [0.15, 0.2) is 103 Å². The van der Waals surface area contributed by atoms with Crippen molar-refractivity contribution in [2.75, 3.05) is 18.8 Å². The van der Waals surface area contributed by atoms with E-state index < -0.39 is 0 Å². The number of aromatic nitrogens is 5. The molecule has 240 valence electrons. The Kier molecular flexibility index (Phi) is 8.01. The van der Waals surface area contributed by atoms with Gasteiger partial charge in [0.25, 0.3) is 5.91 Å². The van der Waals surface area contributed by atoms with Crippen LogP contribution in [0.25, 0.3) is 49.7 Å². The van der Waals surface area contributed by atoms with Crippen LogP contribution in [-0.2, 0) is 6.54 Å². The number of likely N-dealkylation sites (tertiary alicyclic amines) is 1. The molecule has 49 heavy (non-hydrogen) atoms. The molecule has 0 spiro atoms. The second-order valence-electron chi connectivity index (χ2n) is 12.1. The van der Waals surface area contributed by atoms with Crippen molar-refractivity contribution in [3.63, 3.8) is 0 Å². The molecule has 0 saturated carbocycles. The number of imidazole rings is 1. The van der Waals surface area contributed by atoms with E-state index in [0.717, 1.165) is 70.8 Å². The van der Waals surface area contributed by atoms with Gasteiger partial charge in [0.15, 0.2) is 16.5 Å². The number of nitrogens with one attached hydrogen (secondary N) is 1. The lowest BCUT2D eigenvalue weighted by molar-refractivity contribution is 0.0909. The van der Waals surface area contributed by atoms with Crippen molar-refractivity contribution in [3.05, 3.63) is 119 Å². The van der Waals surface area contributed by atoms with E-state index >= 15 is 0 Å². The molecule has 8 rings (SSSR count). The van der Waals surface area contributed by atoms with Gasteiger partial charge in [-0.25, -0.2) is 19.9 Å². The molecule has 11 heteroatoms. The van der Waals surface area contributed by atoms with Gasteiger partial charge in [0, 0.05) is 48.7 Å². The summed E-state index contributed by atoms with van der Waals surface area (Å²) >= 11 is 1.33. The minimum atomic E-state index is -0.104. The molecule has 1 amide bonds. The van der Waals surface area contributed by atoms with Gasteiger partial charge in [0.1, 0.15) is 17.4 Å². The van der Waals surface area contributed by atoms with Gasteiger partial charge in [-0.1, -0.05) is 42.5 Å². The Morgan fingerprint density at radius 1 is 0.918 bits per heavy atom. The van der Waals surface area contributed by atoms with Crippen LogP contribution in [0.5, 0.6) is 0 Å². The second kappa shape index (κ2) is 12.9. The Balaban J connectivity index is 0.979. The van der Waals surface area contributed by atoms with Crippen LogP contribution in [-0.4, -0.2) is 54.4 Å². The molecule has 0 atom stereocenters. The number of hydrogen-bond donors (Lipinski definition) is 2. The van der Waals surface area contributed by atoms with Crippen molar-refractivity contribution in [2.24, 2.45) is 0 Å². The Morgan fingerprint density at radius 3 is 2.51 bits per heavy atom. The number of nitrogen functional groups attached to an aromatic ring is 1. The van der Waals surface area contributed by atoms with Crippen LogP contribution in [0, 0.1) is 11.3 Å². The fourth-order valence-corrected chi connectivity index (χ4v) is 7.13. The molecule has 5 heterocycles. The summed E-state index contributed by atoms with van der Waals surface area (Å²) in [6, 6.07) is 34.0. The summed E-state index contributed by atoms with van der Waals surface area (Å²) in [5, 5.41) is 12.7. The number of benzene rings is 3. The molecule has 1 saturated heterocycles. The lowest BCUT2D eigenvalue weighted by atomic mass is 10.0. The number of piperidine rings is 1. The highest BCUT2D eigenvalue weighted by atomic mass is 32.1. The zero-order chi connectivity index (χ0) is 33.3. The van der Waals surface area contributed by atoms with E-state index in [9.17, 15) is 4.79 Å². The molecule has 0 radical (unpaired) electrons. The van der Waals surface area contributed by atoms with E-state index in [-0.39, 0.29) is 11.9 Å². The van der Waals surface area contributed by atoms with Crippen LogP contribution in [0.1, 0.15) is 33.8 Å². The minimum Gasteiger partial charge on any atom is -0.383 e. The van der Waals surface area contributed by atoms with Gasteiger partial charge < -0.3 is 11.1 Å². The standard InChI is InChI=1S/C38H31N9OS/c39-22-34-43-32-21-26(10-15-33(32)49-34)38(48)42-27-16-19-46(20-17-27)23-24-8-11-28(12-9-24)47-36(29-7-4-18-41-35(29)40)45-31-14-13-30(44-37(31)47)25-5-2-1-3-6-25/h1-15,18,21,27H,16-17,19-20,23H2,(H2,40,41)(H,42,48). The van der Waals surface area contributed by atoms with E-state index in [1.165, 1.54) is 16.9 Å². The Hall–Kier alpha value is -5.96. The smallest absolute Gasteiger partial charge is 0.251 e. The van der Waals surface area contributed by atoms with Crippen LogP contribution in [0.3, 0.4) is 0 Å². The maximum atomic E-state index is 13.0. The number of rotatable bonds is 7. The van der Waals surface area contributed by atoms with Gasteiger partial charge in [0.2, 0.25) is 0 Å².